The van der Waals surface area contributed by atoms with Crippen molar-refractivity contribution in [3.63, 3.8) is 0 Å². The fraction of sp³-hybridized carbons (Fsp3) is 0.273. The van der Waals surface area contributed by atoms with Crippen molar-refractivity contribution in [2.24, 2.45) is 0 Å². The number of aliphatic carboxylic acids is 1. The van der Waals surface area contributed by atoms with Gasteiger partial charge in [-0.25, -0.2) is 4.79 Å². The second-order valence-electron chi connectivity index (χ2n) is 3.44. The molecule has 0 saturated carbocycles. The molecule has 5 nitrogen and oxygen atoms in total. The first-order chi connectivity index (χ1) is 8.41. The maximum Gasteiger partial charge on any atom is 0.332 e. The molecule has 0 aliphatic rings. The third-order valence-corrected chi connectivity index (χ3v) is 2.86. The van der Waals surface area contributed by atoms with E-state index in [1.165, 1.54) is 6.92 Å². The van der Waals surface area contributed by atoms with E-state index in [0.29, 0.717) is 10.7 Å². The van der Waals surface area contributed by atoms with Crippen LogP contribution in [0.5, 0.6) is 0 Å². The highest BCUT2D eigenvalue weighted by molar-refractivity contribution is 6.43. The number of carbonyl (C=O) groups is 2. The average Bonchev–Trinajstić information content (AvgIpc) is 2.32. The summed E-state index contributed by atoms with van der Waals surface area (Å²) in [6.07, 6.45) is -1.05. The minimum Gasteiger partial charge on any atom is -0.479 e. The number of carbonyl (C=O) groups excluding carboxylic acids is 1. The van der Waals surface area contributed by atoms with Gasteiger partial charge in [0.2, 0.25) is 5.91 Å². The third kappa shape index (κ3) is 4.18. The van der Waals surface area contributed by atoms with Gasteiger partial charge >= 0.3 is 5.97 Å². The lowest BCUT2D eigenvalue weighted by molar-refractivity contribution is -0.150. The Labute approximate surface area is 114 Å². The number of nitrogens with one attached hydrogen (secondary N) is 1. The number of hydrogen-bond donors (Lipinski definition) is 2. The number of carboxylic acids is 1. The summed E-state index contributed by atoms with van der Waals surface area (Å²) >= 11 is 11.6. The summed E-state index contributed by atoms with van der Waals surface area (Å²) < 4.78 is 4.82. The molecule has 7 heteroatoms. The molecule has 0 aromatic heterocycles. The molecule has 0 saturated heterocycles. The molecule has 98 valence electrons. The van der Waals surface area contributed by atoms with Crippen molar-refractivity contribution in [3.05, 3.63) is 28.2 Å². The summed E-state index contributed by atoms with van der Waals surface area (Å²) in [5.41, 5.74) is 0.348. The van der Waals surface area contributed by atoms with Crippen LogP contribution in [-0.2, 0) is 14.3 Å². The minimum atomic E-state index is -1.14. The SMILES string of the molecule is C[C@H](OCC(=O)Nc1cccc(Cl)c1Cl)C(=O)O. The largest absolute Gasteiger partial charge is 0.479 e. The monoisotopic (exact) mass is 291 g/mol. The van der Waals surface area contributed by atoms with Crippen LogP contribution in [0, 0.1) is 0 Å². The van der Waals surface area contributed by atoms with E-state index in [9.17, 15) is 9.59 Å². The van der Waals surface area contributed by atoms with Crippen molar-refractivity contribution in [1.29, 1.82) is 0 Å². The number of hydrogen-bond acceptors (Lipinski definition) is 3. The third-order valence-electron chi connectivity index (χ3n) is 2.04. The Morgan fingerprint density at radius 2 is 2.11 bits per heavy atom. The highest BCUT2D eigenvalue weighted by Gasteiger charge is 2.14. The number of amides is 1. The van der Waals surface area contributed by atoms with E-state index >= 15 is 0 Å². The molecule has 0 aliphatic heterocycles. The molecular formula is C11H11Cl2NO4. The van der Waals surface area contributed by atoms with Gasteiger partial charge in [0.15, 0.2) is 6.10 Å². The topological polar surface area (TPSA) is 75.6 Å². The van der Waals surface area contributed by atoms with Gasteiger partial charge < -0.3 is 15.2 Å². The number of benzene rings is 1. The van der Waals surface area contributed by atoms with E-state index in [2.05, 4.69) is 5.32 Å². The smallest absolute Gasteiger partial charge is 0.332 e. The first-order valence-corrected chi connectivity index (χ1v) is 5.75. The molecule has 0 bridgehead atoms. The van der Waals surface area contributed by atoms with Gasteiger partial charge in [-0.2, -0.15) is 0 Å². The predicted octanol–water partition coefficient (Wildman–Crippen LogP) is 2.42. The fourth-order valence-electron chi connectivity index (χ4n) is 1.06. The van der Waals surface area contributed by atoms with Crippen LogP contribution >= 0.6 is 23.2 Å². The molecule has 0 unspecified atom stereocenters. The number of anilines is 1. The number of carboxylic acid groups (broad SMARTS) is 1. The molecule has 2 N–H and O–H groups in total. The van der Waals surface area contributed by atoms with Gasteiger partial charge in [-0.3, -0.25) is 4.79 Å². The molecule has 0 spiro atoms. The molecular weight excluding hydrogens is 281 g/mol. The fourth-order valence-corrected chi connectivity index (χ4v) is 1.41. The van der Waals surface area contributed by atoms with Crippen LogP contribution in [0.1, 0.15) is 6.92 Å². The van der Waals surface area contributed by atoms with E-state index in [0.717, 1.165) is 0 Å². The van der Waals surface area contributed by atoms with Crippen LogP contribution in [0.25, 0.3) is 0 Å². The zero-order chi connectivity index (χ0) is 13.7. The van der Waals surface area contributed by atoms with Gasteiger partial charge in [-0.05, 0) is 19.1 Å². The zero-order valence-corrected chi connectivity index (χ0v) is 11.0. The lowest BCUT2D eigenvalue weighted by Gasteiger charge is -2.10. The van der Waals surface area contributed by atoms with Crippen molar-refractivity contribution >= 4 is 40.8 Å². The van der Waals surface area contributed by atoms with E-state index in [1.54, 1.807) is 18.2 Å². The Morgan fingerprint density at radius 3 is 2.72 bits per heavy atom. The van der Waals surface area contributed by atoms with Crippen molar-refractivity contribution < 1.29 is 19.4 Å². The Bertz CT molecular complexity index is 464. The van der Waals surface area contributed by atoms with Crippen LogP contribution in [0.4, 0.5) is 5.69 Å². The van der Waals surface area contributed by atoms with Gasteiger partial charge in [-0.15, -0.1) is 0 Å². The van der Waals surface area contributed by atoms with Gasteiger partial charge in [0, 0.05) is 0 Å². The van der Waals surface area contributed by atoms with Crippen molar-refractivity contribution in [1.82, 2.24) is 0 Å². The highest BCUT2D eigenvalue weighted by Crippen LogP contribution is 2.29. The molecule has 1 amide bonds. The summed E-state index contributed by atoms with van der Waals surface area (Å²) in [5, 5.41) is 11.6. The summed E-state index contributed by atoms with van der Waals surface area (Å²) in [4.78, 5) is 21.9. The first-order valence-electron chi connectivity index (χ1n) is 5.00. The van der Waals surface area contributed by atoms with Gasteiger partial charge in [0.25, 0.3) is 0 Å². The molecule has 1 rings (SSSR count). The maximum absolute atomic E-state index is 11.5. The second-order valence-corrected chi connectivity index (χ2v) is 4.23. The van der Waals surface area contributed by atoms with Crippen molar-refractivity contribution in [2.75, 3.05) is 11.9 Å². The highest BCUT2D eigenvalue weighted by atomic mass is 35.5. The molecule has 1 aromatic rings. The summed E-state index contributed by atoms with van der Waals surface area (Å²) in [7, 11) is 0. The Kier molecular flexibility index (Phi) is 5.40. The normalized spacial score (nSPS) is 11.9. The molecule has 18 heavy (non-hydrogen) atoms. The lowest BCUT2D eigenvalue weighted by Crippen LogP contribution is -2.26. The minimum absolute atomic E-state index is 0.221. The Morgan fingerprint density at radius 1 is 1.44 bits per heavy atom. The van der Waals surface area contributed by atoms with E-state index in [1.807, 2.05) is 0 Å². The number of halogens is 2. The Balaban J connectivity index is 2.55. The molecule has 1 aromatic carbocycles. The quantitative estimate of drug-likeness (QED) is 0.874. The standard InChI is InChI=1S/C11H11Cl2NO4/c1-6(11(16)17)18-5-9(15)14-8-4-2-3-7(12)10(8)13/h2-4,6H,5H2,1H3,(H,14,15)(H,16,17)/t6-/m0/s1. The zero-order valence-electron chi connectivity index (χ0n) is 9.44. The van der Waals surface area contributed by atoms with E-state index in [-0.39, 0.29) is 11.6 Å². The van der Waals surface area contributed by atoms with Crippen LogP contribution in [-0.4, -0.2) is 29.7 Å². The van der Waals surface area contributed by atoms with Crippen LogP contribution in [0.3, 0.4) is 0 Å². The molecule has 0 fully saturated rings. The van der Waals surface area contributed by atoms with Crippen LogP contribution < -0.4 is 5.32 Å². The molecule has 0 aliphatic carbocycles. The summed E-state index contributed by atoms with van der Waals surface area (Å²) in [5.74, 6) is -1.64. The number of rotatable bonds is 5. The van der Waals surface area contributed by atoms with Gasteiger partial charge in [0.05, 0.1) is 15.7 Å². The second kappa shape index (κ2) is 6.58. The van der Waals surface area contributed by atoms with E-state index < -0.39 is 18.0 Å². The average molecular weight is 292 g/mol. The Hall–Kier alpha value is -1.30. The van der Waals surface area contributed by atoms with Crippen molar-refractivity contribution in [2.45, 2.75) is 13.0 Å². The number of ether oxygens (including phenoxy) is 1. The summed E-state index contributed by atoms with van der Waals surface area (Å²) in [6.45, 7) is 0.957. The van der Waals surface area contributed by atoms with E-state index in [4.69, 9.17) is 33.0 Å². The van der Waals surface area contributed by atoms with Gasteiger partial charge in [-0.1, -0.05) is 29.3 Å². The van der Waals surface area contributed by atoms with Gasteiger partial charge in [0.1, 0.15) is 6.61 Å². The van der Waals surface area contributed by atoms with Crippen LogP contribution in [0.2, 0.25) is 10.0 Å². The summed E-state index contributed by atoms with van der Waals surface area (Å²) in [6, 6.07) is 4.79. The first kappa shape index (κ1) is 14.8. The lowest BCUT2D eigenvalue weighted by atomic mass is 10.3. The molecule has 0 heterocycles. The molecule has 0 radical (unpaired) electrons. The predicted molar refractivity (Wildman–Crippen MR) is 68.1 cm³/mol. The molecule has 1 atom stereocenters. The van der Waals surface area contributed by atoms with Crippen molar-refractivity contribution in [3.8, 4) is 0 Å². The van der Waals surface area contributed by atoms with Crippen LogP contribution in [0.15, 0.2) is 18.2 Å². The maximum atomic E-state index is 11.5.